The SMILES string of the molecule is Cc1nc2sccc2c(-c2ccccc2)c1C(=O)C(F)(F)F. The first-order chi connectivity index (χ1) is 10.4. The van der Waals surface area contributed by atoms with Crippen LogP contribution in [-0.2, 0) is 0 Å². The number of hydrogen-bond donors (Lipinski definition) is 0. The van der Waals surface area contributed by atoms with Crippen molar-refractivity contribution in [3.05, 3.63) is 53.0 Å². The maximum Gasteiger partial charge on any atom is 0.454 e. The molecule has 0 saturated carbocycles. The lowest BCUT2D eigenvalue weighted by atomic mass is 9.93. The topological polar surface area (TPSA) is 30.0 Å². The zero-order valence-electron chi connectivity index (χ0n) is 11.4. The predicted molar refractivity (Wildman–Crippen MR) is 80.2 cm³/mol. The number of nitrogens with zero attached hydrogens (tertiary/aromatic N) is 1. The van der Waals surface area contributed by atoms with Crippen molar-refractivity contribution in [1.82, 2.24) is 4.98 Å². The average Bonchev–Trinajstić information content (AvgIpc) is 2.92. The summed E-state index contributed by atoms with van der Waals surface area (Å²) in [6, 6.07) is 10.3. The molecule has 0 atom stereocenters. The molecule has 1 aromatic carbocycles. The fourth-order valence-electron chi connectivity index (χ4n) is 2.43. The highest BCUT2D eigenvalue weighted by atomic mass is 32.1. The van der Waals surface area contributed by atoms with Crippen LogP contribution in [0.15, 0.2) is 41.8 Å². The summed E-state index contributed by atoms with van der Waals surface area (Å²) in [6.45, 7) is 1.44. The zero-order valence-corrected chi connectivity index (χ0v) is 12.3. The molecule has 2 aromatic heterocycles. The number of Topliss-reactive ketones (excluding diaryl/α,β-unsaturated/α-hetero) is 1. The van der Waals surface area contributed by atoms with E-state index in [0.717, 1.165) is 0 Å². The molecule has 0 bridgehead atoms. The Morgan fingerprint density at radius 2 is 1.82 bits per heavy atom. The molecule has 0 spiro atoms. The van der Waals surface area contributed by atoms with Crippen LogP contribution in [0.2, 0.25) is 0 Å². The van der Waals surface area contributed by atoms with Crippen molar-refractivity contribution in [2.75, 3.05) is 0 Å². The van der Waals surface area contributed by atoms with Crippen molar-refractivity contribution in [3.63, 3.8) is 0 Å². The highest BCUT2D eigenvalue weighted by Gasteiger charge is 2.42. The zero-order chi connectivity index (χ0) is 15.9. The molecule has 0 aliphatic heterocycles. The van der Waals surface area contributed by atoms with E-state index in [1.165, 1.54) is 18.3 Å². The monoisotopic (exact) mass is 321 g/mol. The van der Waals surface area contributed by atoms with Gasteiger partial charge in [-0.15, -0.1) is 11.3 Å². The average molecular weight is 321 g/mol. The molecule has 22 heavy (non-hydrogen) atoms. The van der Waals surface area contributed by atoms with Crippen LogP contribution in [0, 0.1) is 6.92 Å². The summed E-state index contributed by atoms with van der Waals surface area (Å²) in [5.41, 5.74) is 0.594. The van der Waals surface area contributed by atoms with Crippen LogP contribution >= 0.6 is 11.3 Å². The second-order valence-corrected chi connectivity index (χ2v) is 5.67. The Balaban J connectivity index is 2.41. The predicted octanol–water partition coefficient (Wildman–Crippen LogP) is 5.02. The number of rotatable bonds is 2. The minimum atomic E-state index is -4.93. The van der Waals surface area contributed by atoms with Crippen LogP contribution in [0.3, 0.4) is 0 Å². The smallest absolute Gasteiger partial charge is 0.284 e. The minimum absolute atomic E-state index is 0.0936. The van der Waals surface area contributed by atoms with Gasteiger partial charge in [0.2, 0.25) is 0 Å². The van der Waals surface area contributed by atoms with Gasteiger partial charge in [0.15, 0.2) is 0 Å². The van der Waals surface area contributed by atoms with Crippen LogP contribution in [0.25, 0.3) is 21.3 Å². The lowest BCUT2D eigenvalue weighted by Crippen LogP contribution is -2.24. The van der Waals surface area contributed by atoms with Gasteiger partial charge in [0.25, 0.3) is 5.78 Å². The van der Waals surface area contributed by atoms with Crippen molar-refractivity contribution in [1.29, 1.82) is 0 Å². The second kappa shape index (κ2) is 5.21. The minimum Gasteiger partial charge on any atom is -0.284 e. The van der Waals surface area contributed by atoms with Gasteiger partial charge >= 0.3 is 6.18 Å². The number of fused-ring (bicyclic) bond motifs is 1. The van der Waals surface area contributed by atoms with Crippen molar-refractivity contribution < 1.29 is 18.0 Å². The second-order valence-electron chi connectivity index (χ2n) is 4.78. The van der Waals surface area contributed by atoms with Gasteiger partial charge in [-0.05, 0) is 23.9 Å². The molecule has 2 heterocycles. The van der Waals surface area contributed by atoms with Gasteiger partial charge in [0.05, 0.1) is 11.3 Å². The van der Waals surface area contributed by atoms with E-state index < -0.39 is 12.0 Å². The summed E-state index contributed by atoms with van der Waals surface area (Å²) in [7, 11) is 0. The van der Waals surface area contributed by atoms with Crippen LogP contribution in [0.5, 0.6) is 0 Å². The lowest BCUT2D eigenvalue weighted by Gasteiger charge is -2.14. The Morgan fingerprint density at radius 3 is 2.45 bits per heavy atom. The standard InChI is InChI=1S/C16H10F3NOS/c1-9-12(14(21)16(17,18)19)13(10-5-3-2-4-6-10)11-7-8-22-15(11)20-9/h2-8H,1H3. The molecule has 0 aliphatic rings. The molecule has 2 nitrogen and oxygen atoms in total. The Labute approximate surface area is 128 Å². The van der Waals surface area contributed by atoms with Gasteiger partial charge in [-0.3, -0.25) is 4.79 Å². The lowest BCUT2D eigenvalue weighted by molar-refractivity contribution is -0.0885. The van der Waals surface area contributed by atoms with Crippen LogP contribution in [0.1, 0.15) is 16.1 Å². The molecule has 0 N–H and O–H groups in total. The van der Waals surface area contributed by atoms with E-state index in [0.29, 0.717) is 21.3 Å². The van der Waals surface area contributed by atoms with E-state index in [1.807, 2.05) is 0 Å². The van der Waals surface area contributed by atoms with E-state index in [2.05, 4.69) is 4.98 Å². The Bertz CT molecular complexity index is 853. The van der Waals surface area contributed by atoms with Crippen LogP contribution in [0.4, 0.5) is 13.2 Å². The fourth-order valence-corrected chi connectivity index (χ4v) is 3.25. The number of alkyl halides is 3. The number of pyridine rings is 1. The third kappa shape index (κ3) is 2.39. The molecule has 0 aliphatic carbocycles. The fraction of sp³-hybridized carbons (Fsp3) is 0.125. The van der Waals surface area contributed by atoms with Crippen molar-refractivity contribution in [2.24, 2.45) is 0 Å². The van der Waals surface area contributed by atoms with E-state index in [-0.39, 0.29) is 11.3 Å². The molecular weight excluding hydrogens is 311 g/mol. The van der Waals surface area contributed by atoms with E-state index in [4.69, 9.17) is 0 Å². The molecule has 0 fully saturated rings. The summed E-state index contributed by atoms with van der Waals surface area (Å²) in [5, 5.41) is 2.32. The van der Waals surface area contributed by atoms with E-state index in [1.54, 1.807) is 41.8 Å². The van der Waals surface area contributed by atoms with Crippen molar-refractivity contribution >= 4 is 27.3 Å². The molecular formula is C16H10F3NOS. The number of carbonyl (C=O) groups excluding carboxylic acids is 1. The quantitative estimate of drug-likeness (QED) is 0.621. The number of hydrogen-bond acceptors (Lipinski definition) is 3. The number of thiophene rings is 1. The number of benzene rings is 1. The molecule has 3 aromatic rings. The summed E-state index contributed by atoms with van der Waals surface area (Å²) in [6.07, 6.45) is -4.93. The van der Waals surface area contributed by atoms with E-state index >= 15 is 0 Å². The first-order valence-electron chi connectivity index (χ1n) is 6.44. The summed E-state index contributed by atoms with van der Waals surface area (Å²) in [5.74, 6) is -1.86. The number of aromatic nitrogens is 1. The molecule has 0 radical (unpaired) electrons. The van der Waals surface area contributed by atoms with Crippen LogP contribution < -0.4 is 0 Å². The molecule has 0 saturated heterocycles. The number of aryl methyl sites for hydroxylation is 1. The highest BCUT2D eigenvalue weighted by molar-refractivity contribution is 7.16. The van der Waals surface area contributed by atoms with Crippen molar-refractivity contribution in [3.8, 4) is 11.1 Å². The Hall–Kier alpha value is -2.21. The number of carbonyl (C=O) groups is 1. The van der Waals surface area contributed by atoms with Gasteiger partial charge < -0.3 is 0 Å². The molecule has 0 amide bonds. The first kappa shape index (κ1) is 14.7. The number of halogens is 3. The van der Waals surface area contributed by atoms with Gasteiger partial charge in [-0.2, -0.15) is 13.2 Å². The molecule has 6 heteroatoms. The number of ketones is 1. The van der Waals surface area contributed by atoms with Gasteiger partial charge in [-0.1, -0.05) is 30.3 Å². The van der Waals surface area contributed by atoms with Crippen molar-refractivity contribution in [2.45, 2.75) is 13.1 Å². The van der Waals surface area contributed by atoms with Gasteiger partial charge in [0.1, 0.15) is 4.83 Å². The third-order valence-electron chi connectivity index (χ3n) is 3.34. The summed E-state index contributed by atoms with van der Waals surface area (Å²) >= 11 is 1.33. The normalized spacial score (nSPS) is 11.8. The first-order valence-corrected chi connectivity index (χ1v) is 7.32. The molecule has 112 valence electrons. The maximum atomic E-state index is 13.0. The van der Waals surface area contributed by atoms with Gasteiger partial charge in [-0.25, -0.2) is 4.98 Å². The maximum absolute atomic E-state index is 13.0. The Kier molecular flexibility index (Phi) is 3.48. The highest BCUT2D eigenvalue weighted by Crippen LogP contribution is 2.37. The van der Waals surface area contributed by atoms with Crippen LogP contribution in [-0.4, -0.2) is 16.9 Å². The third-order valence-corrected chi connectivity index (χ3v) is 4.15. The van der Waals surface area contributed by atoms with E-state index in [9.17, 15) is 18.0 Å². The Morgan fingerprint density at radius 1 is 1.14 bits per heavy atom. The molecule has 3 rings (SSSR count). The van der Waals surface area contributed by atoms with Gasteiger partial charge in [0, 0.05) is 10.9 Å². The largest absolute Gasteiger partial charge is 0.454 e. The summed E-state index contributed by atoms with van der Waals surface area (Å²) < 4.78 is 38.9. The molecule has 0 unspecified atom stereocenters. The summed E-state index contributed by atoms with van der Waals surface area (Å²) in [4.78, 5) is 16.7.